The number of aromatic nitrogens is 6. The van der Waals surface area contributed by atoms with Crippen LogP contribution in [0.15, 0.2) is 131 Å². The van der Waals surface area contributed by atoms with Crippen LogP contribution in [0.1, 0.15) is 167 Å². The van der Waals surface area contributed by atoms with Gasteiger partial charge in [0.2, 0.25) is 11.4 Å². The van der Waals surface area contributed by atoms with Crippen molar-refractivity contribution in [2.45, 2.75) is 224 Å². The summed E-state index contributed by atoms with van der Waals surface area (Å²) >= 11 is 0. The number of nitrogens with zero attached hydrogens (tertiary/aromatic N) is 12. The van der Waals surface area contributed by atoms with Gasteiger partial charge in [-0.15, -0.1) is 0 Å². The molecule has 2 saturated heterocycles. The van der Waals surface area contributed by atoms with E-state index >= 15 is 0 Å². The smallest absolute Gasteiger partial charge is 0.227 e. The van der Waals surface area contributed by atoms with Gasteiger partial charge in [-0.25, -0.2) is 29.9 Å². The summed E-state index contributed by atoms with van der Waals surface area (Å²) in [6.45, 7) is 39.8. The first kappa shape index (κ1) is 56.4. The highest BCUT2D eigenvalue weighted by Gasteiger charge is 2.45. The highest BCUT2D eigenvalue weighted by Crippen LogP contribution is 2.50. The lowest BCUT2D eigenvalue weighted by atomic mass is 9.81. The maximum atomic E-state index is 8.68. The molecule has 5 unspecified atom stereocenters. The number of hydrogen-bond donors (Lipinski definition) is 2. The van der Waals surface area contributed by atoms with Crippen LogP contribution in [0.5, 0.6) is 0 Å². The van der Waals surface area contributed by atoms with E-state index in [-0.39, 0.29) is 29.6 Å². The number of fused-ring (bicyclic) bond motifs is 8. The lowest BCUT2D eigenvalue weighted by Gasteiger charge is -2.55. The van der Waals surface area contributed by atoms with Crippen molar-refractivity contribution in [3.05, 3.63) is 155 Å². The summed E-state index contributed by atoms with van der Waals surface area (Å²) in [6, 6.07) is 31.2. The second kappa shape index (κ2) is 24.6. The summed E-state index contributed by atoms with van der Waals surface area (Å²) in [5.74, 6) is 2.89. The molecule has 16 heteroatoms. The molecule has 0 bridgehead atoms. The third-order valence-corrected chi connectivity index (χ3v) is 18.1. The number of benzene rings is 4. The zero-order valence-corrected chi connectivity index (χ0v) is 57.7. The van der Waals surface area contributed by atoms with E-state index in [1.807, 2.05) is 106 Å². The van der Waals surface area contributed by atoms with Gasteiger partial charge in [0.1, 0.15) is 12.3 Å². The Morgan fingerprint density at radius 3 is 1.26 bits per heavy atom. The van der Waals surface area contributed by atoms with Crippen molar-refractivity contribution in [1.29, 1.82) is 0 Å². The summed E-state index contributed by atoms with van der Waals surface area (Å²) in [7, 11) is 0. The van der Waals surface area contributed by atoms with Crippen molar-refractivity contribution in [2.75, 3.05) is 29.4 Å². The summed E-state index contributed by atoms with van der Waals surface area (Å²) < 4.78 is 70.9. The molecule has 4 aliphatic rings. The Bertz CT molecular complexity index is 4470. The van der Waals surface area contributed by atoms with Gasteiger partial charge in [-0.05, 0) is 224 Å². The number of pyridine rings is 2. The van der Waals surface area contributed by atoms with Gasteiger partial charge in [0.15, 0.2) is 34.4 Å². The van der Waals surface area contributed by atoms with Crippen molar-refractivity contribution in [3.63, 3.8) is 0 Å². The largest absolute Gasteiger partial charge is 0.435 e. The maximum Gasteiger partial charge on any atom is 0.227 e. The minimum Gasteiger partial charge on any atom is -0.435 e. The molecule has 16 nitrogen and oxygen atoms in total. The average molecular weight is 1250 g/mol. The van der Waals surface area contributed by atoms with Crippen LogP contribution in [0.4, 0.5) is 46.0 Å². The SMILES string of the molecule is Cc1ccccc1N1C(C)NC(C)(C)CC1(C)C.[2H]C(C)(C)N1c2nccnc2N(c2c(C)ccc3c2oc2nc(C)ccc23)C1C.[2H]C(C)(C)N1c2nccnc2N(c2c(C)ccc3c2oc2nc(C)ccc23)C1C.[2H]C([2H])([2H])C1(C)NC(C)N(c2ccccc2C)C(C)(C)C1([2H])[2H]. The van der Waals surface area contributed by atoms with Crippen LogP contribution in [-0.4, -0.2) is 88.8 Å². The lowest BCUT2D eigenvalue weighted by molar-refractivity contribution is 0.181. The van der Waals surface area contributed by atoms with Gasteiger partial charge in [-0.1, -0.05) is 60.7 Å². The van der Waals surface area contributed by atoms with Crippen LogP contribution in [0.3, 0.4) is 0 Å². The molecule has 0 aliphatic carbocycles. The average Bonchev–Trinajstić information content (AvgIpc) is 1.59. The van der Waals surface area contributed by atoms with Crippen LogP contribution < -0.4 is 40.0 Å². The van der Waals surface area contributed by atoms with Gasteiger partial charge in [-0.3, -0.25) is 20.4 Å². The second-order valence-corrected chi connectivity index (χ2v) is 27.7. The Balaban J connectivity index is 0.000000136. The molecule has 14 rings (SSSR count). The van der Waals surface area contributed by atoms with Crippen molar-refractivity contribution in [2.24, 2.45) is 0 Å². The molecular weight excluding hydrogens is 1140 g/mol. The summed E-state index contributed by atoms with van der Waals surface area (Å²) in [5, 5.41) is 10.8. The molecule has 0 saturated carbocycles. The molecule has 10 heterocycles. The van der Waals surface area contributed by atoms with Gasteiger partial charge in [-0.2, -0.15) is 0 Å². The molecular formula is C76H98N14O2. The normalized spacial score (nSPS) is 23.4. The fraction of sp³-hybridized carbons (Fsp3) is 0.447. The molecule has 4 aromatic carbocycles. The van der Waals surface area contributed by atoms with E-state index in [4.69, 9.17) is 18.4 Å². The third-order valence-electron chi connectivity index (χ3n) is 18.1. The Morgan fingerprint density at radius 1 is 0.489 bits per heavy atom. The van der Waals surface area contributed by atoms with E-state index in [0.717, 1.165) is 95.9 Å². The molecule has 2 N–H and O–H groups in total. The van der Waals surface area contributed by atoms with Gasteiger partial charge in [0.05, 0.1) is 26.4 Å². The number of furan rings is 2. The number of hydrogen-bond acceptors (Lipinski definition) is 16. The summed E-state index contributed by atoms with van der Waals surface area (Å²) in [6.07, 6.45) is 5.63. The molecule has 92 heavy (non-hydrogen) atoms. The molecule has 0 amide bonds. The van der Waals surface area contributed by atoms with Crippen molar-refractivity contribution in [1.82, 2.24) is 40.5 Å². The monoisotopic (exact) mass is 1250 g/mol. The van der Waals surface area contributed by atoms with Gasteiger partial charge >= 0.3 is 0 Å². The van der Waals surface area contributed by atoms with Crippen LogP contribution >= 0.6 is 0 Å². The molecule has 10 aromatic rings. The maximum absolute atomic E-state index is 8.68. The quantitative estimate of drug-likeness (QED) is 0.163. The summed E-state index contributed by atoms with van der Waals surface area (Å²) in [4.78, 5) is 40.2. The number of nitrogens with one attached hydrogen (secondary N) is 2. The zero-order chi connectivity index (χ0) is 72.4. The first-order valence-corrected chi connectivity index (χ1v) is 32.2. The van der Waals surface area contributed by atoms with E-state index in [1.165, 1.54) is 18.2 Å². The van der Waals surface area contributed by atoms with E-state index in [0.29, 0.717) is 29.2 Å². The minimum absolute atomic E-state index is 0.146. The van der Waals surface area contributed by atoms with E-state index < -0.39 is 36.3 Å². The van der Waals surface area contributed by atoms with Gasteiger partial charge in [0, 0.05) is 110 Å². The zero-order valence-electron chi connectivity index (χ0n) is 64.7. The van der Waals surface area contributed by atoms with E-state index in [2.05, 4.69) is 185 Å². The fourth-order valence-corrected chi connectivity index (χ4v) is 15.2. The predicted molar refractivity (Wildman–Crippen MR) is 383 cm³/mol. The first-order chi connectivity index (χ1) is 46.0. The molecule has 0 spiro atoms. The van der Waals surface area contributed by atoms with E-state index in [1.54, 1.807) is 38.6 Å². The molecule has 0 radical (unpaired) electrons. The third kappa shape index (κ3) is 12.1. The minimum atomic E-state index is -2.46. The van der Waals surface area contributed by atoms with Crippen molar-refractivity contribution >= 4 is 90.2 Å². The lowest BCUT2D eigenvalue weighted by Crippen LogP contribution is -2.67. The van der Waals surface area contributed by atoms with Crippen LogP contribution in [0.25, 0.3) is 44.1 Å². The molecule has 4 aliphatic heterocycles. The van der Waals surface area contributed by atoms with Gasteiger partial charge < -0.3 is 28.4 Å². The Morgan fingerprint density at radius 2 is 0.870 bits per heavy atom. The van der Waals surface area contributed by atoms with Crippen molar-refractivity contribution in [3.8, 4) is 0 Å². The Labute approximate surface area is 555 Å². The van der Waals surface area contributed by atoms with Crippen LogP contribution in [0, 0.1) is 41.5 Å². The second-order valence-electron chi connectivity index (χ2n) is 27.7. The fourth-order valence-electron chi connectivity index (χ4n) is 15.2. The summed E-state index contributed by atoms with van der Waals surface area (Å²) in [5.41, 5.74) is 11.1. The highest BCUT2D eigenvalue weighted by atomic mass is 16.3. The molecule has 6 aromatic heterocycles. The molecule has 5 atom stereocenters. The molecule has 484 valence electrons. The van der Waals surface area contributed by atoms with Crippen LogP contribution in [0.2, 0.25) is 0 Å². The molecule has 2 fully saturated rings. The first-order valence-electron chi connectivity index (χ1n) is 35.7. The topological polar surface area (TPSA) is 147 Å². The number of para-hydroxylation sites is 2. The predicted octanol–water partition coefficient (Wildman–Crippen LogP) is 17.6. The van der Waals surface area contributed by atoms with Crippen LogP contribution in [-0.2, 0) is 0 Å². The number of rotatable bonds is 6. The Hall–Kier alpha value is -8.34. The van der Waals surface area contributed by atoms with Gasteiger partial charge in [0.25, 0.3) is 0 Å². The number of anilines is 8. The standard InChI is InChI=1S/2C22H23N5O.2C16H26N2/c2*1-12(2)26-15(5)27(21-20(26)23-10-11-24-21)18-13(3)6-8-16-17-9-7-14(4)25-22(17)28-19(16)18;2*1-12-9-7-8-10-14(12)18-13(2)17-15(3,4)11-16(18,5)6/h2*6-12,15H,1-5H3;2*7-10,13,17H,11H2,1-6H3/i2*12D;3D3,11D2;. The van der Waals surface area contributed by atoms with E-state index in [9.17, 15) is 0 Å². The highest BCUT2D eigenvalue weighted by molar-refractivity contribution is 6.11. The van der Waals surface area contributed by atoms with Crippen molar-refractivity contribution < 1.29 is 18.4 Å². The Kier molecular flexibility index (Phi) is 15.1. The number of aryl methyl sites for hydroxylation is 6.